The molecule has 0 saturated carbocycles. The Morgan fingerprint density at radius 1 is 1.03 bits per heavy atom. The third-order valence-electron chi connectivity index (χ3n) is 5.96. The minimum absolute atomic E-state index is 0.0366. The molecular weight excluding hydrogens is 466 g/mol. The number of ether oxygens (including phenoxy) is 2. The second-order valence-electron chi connectivity index (χ2n) is 8.29. The van der Waals surface area contributed by atoms with Gasteiger partial charge in [-0.2, -0.15) is 0 Å². The minimum atomic E-state index is -0.754. The van der Waals surface area contributed by atoms with E-state index in [9.17, 15) is 14.7 Å². The second kappa shape index (κ2) is 10.8. The van der Waals surface area contributed by atoms with Gasteiger partial charge in [0, 0.05) is 24.2 Å². The van der Waals surface area contributed by atoms with Gasteiger partial charge < -0.3 is 19.5 Å². The smallest absolute Gasteiger partial charge is 0.295 e. The van der Waals surface area contributed by atoms with E-state index >= 15 is 0 Å². The largest absolute Gasteiger partial charge is 0.507 e. The number of nitrogens with zero attached hydrogens (tertiary/aromatic N) is 1. The Hall–Kier alpha value is -3.61. The molecule has 0 bridgehead atoms. The molecule has 4 rings (SSSR count). The average molecular weight is 492 g/mol. The van der Waals surface area contributed by atoms with Crippen molar-refractivity contribution in [2.75, 3.05) is 20.3 Å². The molecule has 3 aromatic carbocycles. The number of benzene rings is 3. The van der Waals surface area contributed by atoms with Gasteiger partial charge in [-0.25, -0.2) is 0 Å². The molecule has 0 aromatic heterocycles. The number of aryl methyl sites for hydroxylation is 1. The minimum Gasteiger partial charge on any atom is -0.507 e. The Bertz CT molecular complexity index is 1250. The number of aliphatic hydroxyl groups excluding tert-OH is 1. The Balaban J connectivity index is 1.70. The number of carbonyl (C=O) groups is 2. The number of methoxy groups -OCH3 is 1. The highest BCUT2D eigenvalue weighted by Gasteiger charge is 2.46. The molecule has 7 heteroatoms. The quantitative estimate of drug-likeness (QED) is 0.263. The first-order valence-corrected chi connectivity index (χ1v) is 11.6. The van der Waals surface area contributed by atoms with Crippen molar-refractivity contribution in [2.45, 2.75) is 19.6 Å². The van der Waals surface area contributed by atoms with Crippen molar-refractivity contribution < 1.29 is 24.2 Å². The van der Waals surface area contributed by atoms with Crippen LogP contribution in [-0.4, -0.2) is 42.0 Å². The van der Waals surface area contributed by atoms with E-state index in [2.05, 4.69) is 0 Å². The summed E-state index contributed by atoms with van der Waals surface area (Å²) in [6.45, 7) is 2.69. The van der Waals surface area contributed by atoms with E-state index in [0.717, 1.165) is 5.56 Å². The maximum atomic E-state index is 13.1. The summed E-state index contributed by atoms with van der Waals surface area (Å²) in [5, 5.41) is 11.8. The fourth-order valence-corrected chi connectivity index (χ4v) is 4.30. The second-order valence-corrected chi connectivity index (χ2v) is 8.72. The van der Waals surface area contributed by atoms with Crippen molar-refractivity contribution in [3.05, 3.63) is 106 Å². The number of hydrogen-bond acceptors (Lipinski definition) is 5. The summed E-state index contributed by atoms with van der Waals surface area (Å²) in [7, 11) is 1.53. The van der Waals surface area contributed by atoms with Gasteiger partial charge in [0.1, 0.15) is 18.1 Å². The molecule has 1 atom stereocenters. The molecule has 6 nitrogen and oxygen atoms in total. The fourth-order valence-electron chi connectivity index (χ4n) is 4.17. The lowest BCUT2D eigenvalue weighted by Crippen LogP contribution is -2.32. The van der Waals surface area contributed by atoms with E-state index in [1.807, 2.05) is 37.3 Å². The van der Waals surface area contributed by atoms with E-state index in [1.54, 1.807) is 42.5 Å². The van der Waals surface area contributed by atoms with Crippen molar-refractivity contribution in [1.82, 2.24) is 4.90 Å². The van der Waals surface area contributed by atoms with Crippen molar-refractivity contribution in [3.8, 4) is 5.75 Å². The van der Waals surface area contributed by atoms with Gasteiger partial charge in [-0.1, -0.05) is 54.1 Å². The molecule has 1 amide bonds. The van der Waals surface area contributed by atoms with Crippen LogP contribution in [0.2, 0.25) is 5.02 Å². The van der Waals surface area contributed by atoms with Crippen LogP contribution in [0.1, 0.15) is 28.3 Å². The number of hydrogen-bond donors (Lipinski definition) is 1. The predicted molar refractivity (Wildman–Crippen MR) is 134 cm³/mol. The molecule has 180 valence electrons. The maximum absolute atomic E-state index is 13.1. The van der Waals surface area contributed by atoms with Crippen LogP contribution in [0.3, 0.4) is 0 Å². The Morgan fingerprint density at radius 2 is 1.74 bits per heavy atom. The summed E-state index contributed by atoms with van der Waals surface area (Å²) in [5.74, 6) is -1.00. The highest BCUT2D eigenvalue weighted by atomic mass is 35.5. The highest BCUT2D eigenvalue weighted by molar-refractivity contribution is 6.46. The molecule has 1 N–H and O–H groups in total. The zero-order valence-corrected chi connectivity index (χ0v) is 20.3. The van der Waals surface area contributed by atoms with Gasteiger partial charge in [0.25, 0.3) is 11.7 Å². The summed E-state index contributed by atoms with van der Waals surface area (Å²) in [4.78, 5) is 27.4. The molecule has 35 heavy (non-hydrogen) atoms. The fraction of sp³-hybridized carbons (Fsp3) is 0.214. The third-order valence-corrected chi connectivity index (χ3v) is 6.22. The van der Waals surface area contributed by atoms with E-state index < -0.39 is 17.7 Å². The van der Waals surface area contributed by atoms with Gasteiger partial charge in [0.15, 0.2) is 0 Å². The number of likely N-dealkylation sites (tertiary alicyclic amines) is 1. The Labute approximate surface area is 209 Å². The Morgan fingerprint density at radius 3 is 2.40 bits per heavy atom. The summed E-state index contributed by atoms with van der Waals surface area (Å²) < 4.78 is 11.0. The first-order chi connectivity index (χ1) is 16.9. The van der Waals surface area contributed by atoms with Crippen molar-refractivity contribution in [3.63, 3.8) is 0 Å². The first kappa shape index (κ1) is 24.5. The molecule has 0 spiro atoms. The standard InChI is InChI=1S/C28H26ClNO5/c1-18-16-22(35-17-19-6-4-3-5-7-19)12-13-23(18)26(31)24-25(20-8-10-21(29)11-9-20)30(14-15-34-2)28(33)27(24)32/h3-13,16,25,31H,14-15,17H2,1-2H3. The van der Waals surface area contributed by atoms with Crippen LogP contribution in [0, 0.1) is 6.92 Å². The zero-order chi connectivity index (χ0) is 24.9. The van der Waals surface area contributed by atoms with E-state index in [0.29, 0.717) is 34.1 Å². The lowest BCUT2D eigenvalue weighted by atomic mass is 9.94. The van der Waals surface area contributed by atoms with Crippen LogP contribution < -0.4 is 4.74 Å². The lowest BCUT2D eigenvalue weighted by molar-refractivity contribution is -0.140. The van der Waals surface area contributed by atoms with Crippen molar-refractivity contribution in [1.29, 1.82) is 0 Å². The predicted octanol–water partition coefficient (Wildman–Crippen LogP) is 5.30. The normalized spacial score (nSPS) is 17.1. The van der Waals surface area contributed by atoms with Gasteiger partial charge in [0.05, 0.1) is 18.2 Å². The number of carbonyl (C=O) groups excluding carboxylic acids is 2. The van der Waals surface area contributed by atoms with Gasteiger partial charge in [0.2, 0.25) is 0 Å². The van der Waals surface area contributed by atoms with E-state index in [-0.39, 0.29) is 24.5 Å². The summed E-state index contributed by atoms with van der Waals surface area (Å²) >= 11 is 6.05. The molecule has 3 aromatic rings. The number of ketones is 1. The van der Waals surface area contributed by atoms with Crippen LogP contribution >= 0.6 is 11.6 Å². The van der Waals surface area contributed by atoms with Gasteiger partial charge in [-0.15, -0.1) is 0 Å². The topological polar surface area (TPSA) is 76.1 Å². The van der Waals surface area contributed by atoms with Crippen molar-refractivity contribution >= 4 is 29.1 Å². The van der Waals surface area contributed by atoms with Crippen LogP contribution in [0.25, 0.3) is 5.76 Å². The molecule has 1 aliphatic rings. The van der Waals surface area contributed by atoms with Crippen LogP contribution in [0.4, 0.5) is 0 Å². The first-order valence-electron chi connectivity index (χ1n) is 11.2. The zero-order valence-electron chi connectivity index (χ0n) is 19.5. The molecule has 0 radical (unpaired) electrons. The number of halogens is 1. The molecular formula is C28H26ClNO5. The molecule has 0 aliphatic carbocycles. The molecule has 1 aliphatic heterocycles. The molecule has 1 saturated heterocycles. The average Bonchev–Trinajstić information content (AvgIpc) is 3.12. The number of rotatable bonds is 8. The van der Waals surface area contributed by atoms with Crippen LogP contribution in [0.5, 0.6) is 5.75 Å². The van der Waals surface area contributed by atoms with Gasteiger partial charge in [-0.05, 0) is 53.9 Å². The third kappa shape index (κ3) is 5.24. The number of Topliss-reactive ketones (excluding diaryl/α,β-unsaturated/α-hetero) is 1. The van der Waals surface area contributed by atoms with Gasteiger partial charge >= 0.3 is 0 Å². The molecule has 1 unspecified atom stereocenters. The van der Waals surface area contributed by atoms with E-state index in [1.165, 1.54) is 12.0 Å². The lowest BCUT2D eigenvalue weighted by Gasteiger charge is -2.25. The summed E-state index contributed by atoms with van der Waals surface area (Å²) in [6, 6.07) is 21.2. The summed E-state index contributed by atoms with van der Waals surface area (Å²) in [6.07, 6.45) is 0. The molecule has 1 heterocycles. The number of amides is 1. The maximum Gasteiger partial charge on any atom is 0.295 e. The van der Waals surface area contributed by atoms with E-state index in [4.69, 9.17) is 21.1 Å². The monoisotopic (exact) mass is 491 g/mol. The summed E-state index contributed by atoms with van der Waals surface area (Å²) in [5.41, 5.74) is 2.92. The van der Waals surface area contributed by atoms with Crippen LogP contribution in [-0.2, 0) is 20.9 Å². The Kier molecular flexibility index (Phi) is 7.54. The van der Waals surface area contributed by atoms with Crippen LogP contribution in [0.15, 0.2) is 78.4 Å². The SMILES string of the molecule is COCCN1C(=O)C(=O)C(=C(O)c2ccc(OCc3ccccc3)cc2C)C1c1ccc(Cl)cc1. The van der Waals surface area contributed by atoms with Crippen molar-refractivity contribution in [2.24, 2.45) is 0 Å². The highest BCUT2D eigenvalue weighted by Crippen LogP contribution is 2.40. The molecule has 1 fully saturated rings. The number of aliphatic hydroxyl groups is 1. The van der Waals surface area contributed by atoms with Gasteiger partial charge in [-0.3, -0.25) is 9.59 Å².